The van der Waals surface area contributed by atoms with E-state index in [2.05, 4.69) is 0 Å². The molecule has 0 saturated carbocycles. The topological polar surface area (TPSA) is 18.5 Å². The first-order valence-corrected chi connectivity index (χ1v) is 10.1. The quantitative estimate of drug-likeness (QED) is 0.409. The predicted octanol–water partition coefficient (Wildman–Crippen LogP) is 5.10. The van der Waals surface area contributed by atoms with Gasteiger partial charge in [-0.3, -0.25) is 0 Å². The maximum Gasteiger partial charge on any atom is 0.416 e. The summed E-state index contributed by atoms with van der Waals surface area (Å²) in [6.07, 6.45) is 0.518. The molecular formula is C17H27F3O2Si. The molecule has 23 heavy (non-hydrogen) atoms. The summed E-state index contributed by atoms with van der Waals surface area (Å²) >= 11 is 0. The van der Waals surface area contributed by atoms with E-state index in [0.717, 1.165) is 43.4 Å². The summed E-state index contributed by atoms with van der Waals surface area (Å²) in [6, 6.07) is 6.63. The number of alkyl halides is 3. The van der Waals surface area contributed by atoms with Gasteiger partial charge in [-0.25, -0.2) is 0 Å². The smallest absolute Gasteiger partial charge is 0.397 e. The second kappa shape index (κ2) is 10.8. The van der Waals surface area contributed by atoms with Crippen LogP contribution in [0.2, 0.25) is 6.04 Å². The molecule has 0 atom stereocenters. The van der Waals surface area contributed by atoms with E-state index in [4.69, 9.17) is 8.85 Å². The predicted molar refractivity (Wildman–Crippen MR) is 88.8 cm³/mol. The standard InChI is InChI=1S/C17H27F3O2Si/c1-3-21-23(22-4-2)13-8-6-5-7-10-15-11-9-12-16(14-15)17(18,19)20/h9,11-12,14,23H,3-8,10,13H2,1-2H3. The number of benzene rings is 1. The highest BCUT2D eigenvalue weighted by Crippen LogP contribution is 2.29. The van der Waals surface area contributed by atoms with E-state index < -0.39 is 21.0 Å². The Balaban J connectivity index is 2.22. The molecule has 0 saturated heterocycles. The first-order chi connectivity index (χ1) is 11.0. The Morgan fingerprint density at radius 2 is 1.61 bits per heavy atom. The molecule has 1 rings (SSSR count). The van der Waals surface area contributed by atoms with Crippen LogP contribution in [-0.2, 0) is 21.4 Å². The van der Waals surface area contributed by atoms with Crippen LogP contribution in [0.25, 0.3) is 0 Å². The zero-order chi connectivity index (χ0) is 17.1. The van der Waals surface area contributed by atoms with Gasteiger partial charge in [0, 0.05) is 13.2 Å². The van der Waals surface area contributed by atoms with Gasteiger partial charge in [-0.2, -0.15) is 13.2 Å². The minimum Gasteiger partial charge on any atom is -0.397 e. The van der Waals surface area contributed by atoms with Gasteiger partial charge in [0.25, 0.3) is 0 Å². The number of unbranched alkanes of at least 4 members (excludes halogenated alkanes) is 3. The van der Waals surface area contributed by atoms with Crippen LogP contribution in [0.15, 0.2) is 24.3 Å². The van der Waals surface area contributed by atoms with Gasteiger partial charge in [0.15, 0.2) is 0 Å². The number of hydrogen-bond acceptors (Lipinski definition) is 2. The van der Waals surface area contributed by atoms with Crippen molar-refractivity contribution in [2.75, 3.05) is 13.2 Å². The zero-order valence-electron chi connectivity index (χ0n) is 14.0. The number of rotatable bonds is 11. The van der Waals surface area contributed by atoms with Crippen LogP contribution in [0, 0.1) is 0 Å². The van der Waals surface area contributed by atoms with E-state index in [0.29, 0.717) is 19.6 Å². The Kier molecular flexibility index (Phi) is 9.51. The third-order valence-electron chi connectivity index (χ3n) is 3.61. The third kappa shape index (κ3) is 8.53. The van der Waals surface area contributed by atoms with Crippen molar-refractivity contribution < 1.29 is 22.0 Å². The summed E-state index contributed by atoms with van der Waals surface area (Å²) in [5, 5.41) is 0. The van der Waals surface area contributed by atoms with Gasteiger partial charge in [0.2, 0.25) is 0 Å². The molecular weight excluding hydrogens is 321 g/mol. The van der Waals surface area contributed by atoms with Gasteiger partial charge in [-0.15, -0.1) is 0 Å². The monoisotopic (exact) mass is 348 g/mol. The average Bonchev–Trinajstić information content (AvgIpc) is 2.50. The van der Waals surface area contributed by atoms with Crippen molar-refractivity contribution in [3.8, 4) is 0 Å². The lowest BCUT2D eigenvalue weighted by atomic mass is 10.0. The van der Waals surface area contributed by atoms with Crippen LogP contribution < -0.4 is 0 Å². The van der Waals surface area contributed by atoms with Gasteiger partial charge < -0.3 is 8.85 Å². The molecule has 0 unspecified atom stereocenters. The average molecular weight is 348 g/mol. The van der Waals surface area contributed by atoms with E-state index in [1.165, 1.54) is 12.1 Å². The molecule has 0 heterocycles. The zero-order valence-corrected chi connectivity index (χ0v) is 15.1. The molecule has 1 aromatic carbocycles. The van der Waals surface area contributed by atoms with Crippen molar-refractivity contribution in [3.05, 3.63) is 35.4 Å². The molecule has 0 fully saturated rings. The molecule has 0 amide bonds. The Morgan fingerprint density at radius 1 is 0.957 bits per heavy atom. The summed E-state index contributed by atoms with van der Waals surface area (Å²) in [5.41, 5.74) is 0.202. The van der Waals surface area contributed by atoms with Crippen LogP contribution in [0.4, 0.5) is 13.2 Å². The van der Waals surface area contributed by atoms with Crippen LogP contribution in [-0.4, -0.2) is 22.5 Å². The van der Waals surface area contributed by atoms with E-state index >= 15 is 0 Å². The van der Waals surface area contributed by atoms with Crippen molar-refractivity contribution in [1.82, 2.24) is 0 Å². The molecule has 0 bridgehead atoms. The summed E-state index contributed by atoms with van der Waals surface area (Å²) in [5.74, 6) is 0. The SMILES string of the molecule is CCO[SiH](CCCCCCc1cccc(C(F)(F)F)c1)OCC. The first-order valence-electron chi connectivity index (χ1n) is 8.36. The van der Waals surface area contributed by atoms with Gasteiger partial charge in [0.1, 0.15) is 0 Å². The lowest BCUT2D eigenvalue weighted by molar-refractivity contribution is -0.137. The highest BCUT2D eigenvalue weighted by atomic mass is 28.3. The highest BCUT2D eigenvalue weighted by molar-refractivity contribution is 6.44. The Labute approximate surface area is 138 Å². The van der Waals surface area contributed by atoms with Crippen LogP contribution in [0.5, 0.6) is 0 Å². The first kappa shape index (κ1) is 20.2. The Bertz CT molecular complexity index is 432. The third-order valence-corrected chi connectivity index (χ3v) is 5.90. The molecule has 0 N–H and O–H groups in total. The maximum atomic E-state index is 12.6. The lowest BCUT2D eigenvalue weighted by Gasteiger charge is -2.14. The fourth-order valence-corrected chi connectivity index (χ4v) is 4.28. The number of hydrogen-bond donors (Lipinski definition) is 0. The fraction of sp³-hybridized carbons (Fsp3) is 0.647. The van der Waals surface area contributed by atoms with Gasteiger partial charge >= 0.3 is 15.5 Å². The van der Waals surface area contributed by atoms with Gasteiger partial charge in [-0.05, 0) is 44.4 Å². The van der Waals surface area contributed by atoms with Gasteiger partial charge in [0.05, 0.1) is 5.56 Å². The fourth-order valence-electron chi connectivity index (χ4n) is 2.48. The van der Waals surface area contributed by atoms with E-state index in [1.807, 2.05) is 13.8 Å². The van der Waals surface area contributed by atoms with Crippen molar-refractivity contribution in [2.24, 2.45) is 0 Å². The van der Waals surface area contributed by atoms with E-state index in [-0.39, 0.29) is 0 Å². The molecule has 1 aromatic rings. The maximum absolute atomic E-state index is 12.6. The van der Waals surface area contributed by atoms with Crippen LogP contribution in [0.1, 0.15) is 50.7 Å². The molecule has 0 aliphatic heterocycles. The second-order valence-electron chi connectivity index (χ2n) is 5.49. The molecule has 0 aliphatic rings. The van der Waals surface area contributed by atoms with Crippen LogP contribution >= 0.6 is 0 Å². The molecule has 132 valence electrons. The molecule has 0 spiro atoms. The molecule has 6 heteroatoms. The van der Waals surface area contributed by atoms with Crippen molar-refractivity contribution >= 4 is 9.28 Å². The molecule has 0 aliphatic carbocycles. The second-order valence-corrected chi connectivity index (χ2v) is 7.59. The molecule has 0 radical (unpaired) electrons. The largest absolute Gasteiger partial charge is 0.416 e. The van der Waals surface area contributed by atoms with Crippen molar-refractivity contribution in [2.45, 2.75) is 58.2 Å². The van der Waals surface area contributed by atoms with Gasteiger partial charge in [-0.1, -0.05) is 37.5 Å². The number of halogens is 3. The normalized spacial score (nSPS) is 12.1. The van der Waals surface area contributed by atoms with Crippen LogP contribution in [0.3, 0.4) is 0 Å². The summed E-state index contributed by atoms with van der Waals surface area (Å²) in [6.45, 7) is 5.36. The Morgan fingerprint density at radius 3 is 2.22 bits per heavy atom. The summed E-state index contributed by atoms with van der Waals surface area (Å²) < 4.78 is 49.1. The van der Waals surface area contributed by atoms with E-state index in [1.54, 1.807) is 6.07 Å². The minimum absolute atomic E-state index is 0.558. The minimum atomic E-state index is -4.26. The summed E-state index contributed by atoms with van der Waals surface area (Å²) in [7, 11) is -1.50. The highest BCUT2D eigenvalue weighted by Gasteiger charge is 2.30. The Hall–Kier alpha value is -0.853. The lowest BCUT2D eigenvalue weighted by Crippen LogP contribution is -2.22. The van der Waals surface area contributed by atoms with Crippen molar-refractivity contribution in [3.63, 3.8) is 0 Å². The van der Waals surface area contributed by atoms with Crippen molar-refractivity contribution in [1.29, 1.82) is 0 Å². The number of aryl methyl sites for hydroxylation is 1. The summed E-state index contributed by atoms with van der Waals surface area (Å²) in [4.78, 5) is 0. The van der Waals surface area contributed by atoms with E-state index in [9.17, 15) is 13.2 Å². The molecule has 0 aromatic heterocycles. The molecule has 2 nitrogen and oxygen atoms in total.